The summed E-state index contributed by atoms with van der Waals surface area (Å²) in [5.74, 6) is 1.28. The minimum atomic E-state index is 0.0225. The highest BCUT2D eigenvalue weighted by Gasteiger charge is 2.21. The lowest BCUT2D eigenvalue weighted by Crippen LogP contribution is -2.34. The quantitative estimate of drug-likeness (QED) is 0.422. The first-order chi connectivity index (χ1) is 13.4. The van der Waals surface area contributed by atoms with Crippen molar-refractivity contribution in [3.63, 3.8) is 0 Å². The first kappa shape index (κ1) is 20.9. The predicted molar refractivity (Wildman–Crippen MR) is 119 cm³/mol. The number of carbonyl (C=O) groups excluding carboxylic acids is 1. The Balaban J connectivity index is 1.97. The molecule has 148 valence electrons. The third-order valence-corrected chi connectivity index (χ3v) is 5.30. The van der Waals surface area contributed by atoms with Crippen molar-refractivity contribution in [3.05, 3.63) is 63.3 Å². The minimum absolute atomic E-state index is 0.0225. The zero-order valence-corrected chi connectivity index (χ0v) is 18.8. The second kappa shape index (κ2) is 9.10. The van der Waals surface area contributed by atoms with E-state index in [2.05, 4.69) is 41.3 Å². The third kappa shape index (κ3) is 4.76. The number of fused-ring (bicyclic) bond motifs is 1. The van der Waals surface area contributed by atoms with E-state index in [1.54, 1.807) is 0 Å². The standard InChI is InChI=1S/C22H25BrClN3O/c1-4-11-27-20-12-18(24)9-10-19(20)25-21(27)14-26(13-15(2)3)22(28)16-5-7-17(23)8-6-16/h5-10,12,15H,4,11,13-14H2,1-3H3. The van der Waals surface area contributed by atoms with Gasteiger partial charge >= 0.3 is 0 Å². The largest absolute Gasteiger partial charge is 0.331 e. The zero-order chi connectivity index (χ0) is 20.3. The summed E-state index contributed by atoms with van der Waals surface area (Å²) in [5, 5.41) is 0.696. The van der Waals surface area contributed by atoms with Crippen LogP contribution >= 0.6 is 27.5 Å². The van der Waals surface area contributed by atoms with Gasteiger partial charge in [-0.1, -0.05) is 48.3 Å². The van der Waals surface area contributed by atoms with Gasteiger partial charge < -0.3 is 9.47 Å². The Morgan fingerprint density at radius 1 is 1.21 bits per heavy atom. The minimum Gasteiger partial charge on any atom is -0.331 e. The molecule has 0 saturated heterocycles. The lowest BCUT2D eigenvalue weighted by molar-refractivity contribution is 0.0716. The molecule has 3 aromatic rings. The predicted octanol–water partition coefficient (Wildman–Crippen LogP) is 6.16. The topological polar surface area (TPSA) is 38.1 Å². The second-order valence-electron chi connectivity index (χ2n) is 7.40. The van der Waals surface area contributed by atoms with Gasteiger partial charge in [-0.05, 0) is 54.8 Å². The first-order valence-electron chi connectivity index (χ1n) is 9.58. The van der Waals surface area contributed by atoms with E-state index in [1.165, 1.54) is 0 Å². The number of halogens is 2. The van der Waals surface area contributed by atoms with E-state index in [1.807, 2.05) is 47.4 Å². The molecule has 2 aromatic carbocycles. The Bertz CT molecular complexity index is 966. The summed E-state index contributed by atoms with van der Waals surface area (Å²) in [5.41, 5.74) is 2.61. The highest BCUT2D eigenvalue weighted by atomic mass is 79.9. The molecular weight excluding hydrogens is 438 g/mol. The van der Waals surface area contributed by atoms with Crippen molar-refractivity contribution in [1.29, 1.82) is 0 Å². The van der Waals surface area contributed by atoms with Gasteiger partial charge in [0.15, 0.2) is 0 Å². The van der Waals surface area contributed by atoms with Crippen LogP contribution < -0.4 is 0 Å². The Morgan fingerprint density at radius 3 is 2.57 bits per heavy atom. The van der Waals surface area contributed by atoms with E-state index in [0.29, 0.717) is 29.6 Å². The molecule has 4 nitrogen and oxygen atoms in total. The fourth-order valence-corrected chi connectivity index (χ4v) is 3.78. The van der Waals surface area contributed by atoms with Crippen molar-refractivity contribution in [2.24, 2.45) is 5.92 Å². The van der Waals surface area contributed by atoms with Gasteiger partial charge in [-0.2, -0.15) is 0 Å². The number of benzene rings is 2. The summed E-state index contributed by atoms with van der Waals surface area (Å²) in [7, 11) is 0. The molecular formula is C22H25BrClN3O. The third-order valence-electron chi connectivity index (χ3n) is 4.53. The van der Waals surface area contributed by atoms with Gasteiger partial charge in [-0.25, -0.2) is 4.98 Å². The summed E-state index contributed by atoms with van der Waals surface area (Å²) >= 11 is 9.64. The summed E-state index contributed by atoms with van der Waals surface area (Å²) in [6.07, 6.45) is 0.982. The van der Waals surface area contributed by atoms with Crippen LogP contribution in [0.1, 0.15) is 43.4 Å². The number of hydrogen-bond donors (Lipinski definition) is 0. The van der Waals surface area contributed by atoms with E-state index >= 15 is 0 Å². The van der Waals surface area contributed by atoms with Gasteiger partial charge in [-0.15, -0.1) is 0 Å². The van der Waals surface area contributed by atoms with Crippen LogP contribution in [-0.4, -0.2) is 26.9 Å². The number of rotatable bonds is 7. The van der Waals surface area contributed by atoms with Crippen LogP contribution in [0.25, 0.3) is 11.0 Å². The molecule has 0 N–H and O–H groups in total. The maximum atomic E-state index is 13.2. The van der Waals surface area contributed by atoms with Crippen molar-refractivity contribution >= 4 is 44.5 Å². The normalized spacial score (nSPS) is 11.4. The summed E-state index contributed by atoms with van der Waals surface area (Å²) in [6, 6.07) is 13.3. The molecule has 28 heavy (non-hydrogen) atoms. The Labute approximate surface area is 179 Å². The maximum absolute atomic E-state index is 13.2. The molecule has 0 radical (unpaired) electrons. The van der Waals surface area contributed by atoms with E-state index < -0.39 is 0 Å². The van der Waals surface area contributed by atoms with Gasteiger partial charge in [0.1, 0.15) is 5.82 Å². The SMILES string of the molecule is CCCn1c(CN(CC(C)C)C(=O)c2ccc(Br)cc2)nc2ccc(Cl)cc21. The Hall–Kier alpha value is -1.85. The van der Waals surface area contributed by atoms with Crippen LogP contribution in [-0.2, 0) is 13.1 Å². The summed E-state index contributed by atoms with van der Waals surface area (Å²) in [6.45, 7) is 8.37. The van der Waals surface area contributed by atoms with Crippen LogP contribution in [0.4, 0.5) is 0 Å². The monoisotopic (exact) mass is 461 g/mol. The highest BCUT2D eigenvalue weighted by molar-refractivity contribution is 9.10. The summed E-state index contributed by atoms with van der Waals surface area (Å²) < 4.78 is 3.14. The number of nitrogens with zero attached hydrogens (tertiary/aromatic N) is 3. The second-order valence-corrected chi connectivity index (χ2v) is 8.75. The molecule has 1 amide bonds. The molecule has 3 rings (SSSR count). The molecule has 0 bridgehead atoms. The molecule has 0 fully saturated rings. The number of aromatic nitrogens is 2. The van der Waals surface area contributed by atoms with E-state index in [4.69, 9.17) is 16.6 Å². The number of carbonyl (C=O) groups is 1. The van der Waals surface area contributed by atoms with Crippen LogP contribution in [0, 0.1) is 5.92 Å². The van der Waals surface area contributed by atoms with Crippen LogP contribution in [0.3, 0.4) is 0 Å². The molecule has 0 atom stereocenters. The average molecular weight is 463 g/mol. The molecule has 0 unspecified atom stereocenters. The Morgan fingerprint density at radius 2 is 1.93 bits per heavy atom. The fourth-order valence-electron chi connectivity index (χ4n) is 3.35. The zero-order valence-electron chi connectivity index (χ0n) is 16.5. The van der Waals surface area contributed by atoms with Crippen molar-refractivity contribution < 1.29 is 4.79 Å². The Kier molecular flexibility index (Phi) is 6.78. The average Bonchev–Trinajstić information content (AvgIpc) is 2.98. The fraction of sp³-hybridized carbons (Fsp3) is 0.364. The maximum Gasteiger partial charge on any atom is 0.254 e. The van der Waals surface area contributed by atoms with Crippen LogP contribution in [0.15, 0.2) is 46.9 Å². The molecule has 1 aromatic heterocycles. The van der Waals surface area contributed by atoms with Crippen molar-refractivity contribution in [2.45, 2.75) is 40.3 Å². The molecule has 0 aliphatic rings. The molecule has 0 aliphatic heterocycles. The molecule has 0 saturated carbocycles. The van der Waals surface area contributed by atoms with Gasteiger partial charge in [0.2, 0.25) is 0 Å². The first-order valence-corrected chi connectivity index (χ1v) is 10.8. The van der Waals surface area contributed by atoms with Gasteiger partial charge in [0.05, 0.1) is 17.6 Å². The van der Waals surface area contributed by atoms with Crippen LogP contribution in [0.5, 0.6) is 0 Å². The van der Waals surface area contributed by atoms with Gasteiger partial charge in [0.25, 0.3) is 5.91 Å². The molecule has 1 heterocycles. The van der Waals surface area contributed by atoms with E-state index in [0.717, 1.165) is 34.3 Å². The smallest absolute Gasteiger partial charge is 0.254 e. The molecule has 6 heteroatoms. The van der Waals surface area contributed by atoms with Gasteiger partial charge in [0, 0.05) is 28.1 Å². The number of aryl methyl sites for hydroxylation is 1. The molecule has 0 aliphatic carbocycles. The van der Waals surface area contributed by atoms with E-state index in [9.17, 15) is 4.79 Å². The van der Waals surface area contributed by atoms with Crippen molar-refractivity contribution in [3.8, 4) is 0 Å². The van der Waals surface area contributed by atoms with Gasteiger partial charge in [-0.3, -0.25) is 4.79 Å². The number of hydrogen-bond acceptors (Lipinski definition) is 2. The summed E-state index contributed by atoms with van der Waals surface area (Å²) in [4.78, 5) is 19.9. The highest BCUT2D eigenvalue weighted by Crippen LogP contribution is 2.23. The lowest BCUT2D eigenvalue weighted by atomic mass is 10.1. The molecule has 0 spiro atoms. The number of imidazole rings is 1. The number of amides is 1. The van der Waals surface area contributed by atoms with Crippen molar-refractivity contribution in [1.82, 2.24) is 14.5 Å². The van der Waals surface area contributed by atoms with Crippen LogP contribution in [0.2, 0.25) is 5.02 Å². The lowest BCUT2D eigenvalue weighted by Gasteiger charge is -2.25. The van der Waals surface area contributed by atoms with E-state index in [-0.39, 0.29) is 5.91 Å². The van der Waals surface area contributed by atoms with Crippen molar-refractivity contribution in [2.75, 3.05) is 6.54 Å².